The molecule has 0 unspecified atom stereocenters. The summed E-state index contributed by atoms with van der Waals surface area (Å²) in [6.45, 7) is 6.80. The summed E-state index contributed by atoms with van der Waals surface area (Å²) in [4.78, 5) is 24.8. The molecule has 3 rings (SSSR count). The molecular weight excluding hydrogens is 364 g/mol. The largest absolute Gasteiger partial charge is 0.454 e. The molecule has 154 valence electrons. The van der Waals surface area contributed by atoms with Crippen molar-refractivity contribution in [1.29, 1.82) is 0 Å². The predicted molar refractivity (Wildman–Crippen MR) is 99.8 cm³/mol. The molecule has 0 aliphatic carbocycles. The van der Waals surface area contributed by atoms with Gasteiger partial charge in [0.25, 0.3) is 0 Å². The second kappa shape index (κ2) is 7.46. The van der Waals surface area contributed by atoms with Crippen LogP contribution in [0.3, 0.4) is 0 Å². The van der Waals surface area contributed by atoms with E-state index in [4.69, 9.17) is 18.9 Å². The van der Waals surface area contributed by atoms with Gasteiger partial charge in [-0.15, -0.1) is 0 Å². The van der Waals surface area contributed by atoms with Crippen molar-refractivity contribution in [3.05, 3.63) is 34.6 Å². The molecule has 1 fully saturated rings. The highest BCUT2D eigenvalue weighted by molar-refractivity contribution is 5.95. The third-order valence-corrected chi connectivity index (χ3v) is 6.00. The Bertz CT molecular complexity index is 778. The Morgan fingerprint density at radius 2 is 2.14 bits per heavy atom. The van der Waals surface area contributed by atoms with Crippen LogP contribution in [0.5, 0.6) is 0 Å². The maximum absolute atomic E-state index is 12.5. The quantitative estimate of drug-likeness (QED) is 0.581. The average Bonchev–Trinajstić information content (AvgIpc) is 3.17. The van der Waals surface area contributed by atoms with Crippen LogP contribution in [0.25, 0.3) is 0 Å². The fourth-order valence-corrected chi connectivity index (χ4v) is 4.14. The van der Waals surface area contributed by atoms with Gasteiger partial charge in [-0.05, 0) is 39.7 Å². The van der Waals surface area contributed by atoms with Gasteiger partial charge >= 0.3 is 11.9 Å². The van der Waals surface area contributed by atoms with E-state index in [1.54, 1.807) is 33.1 Å². The topological polar surface area (TPSA) is 91.3 Å². The number of hydrogen-bond acceptors (Lipinski definition) is 7. The van der Waals surface area contributed by atoms with Gasteiger partial charge in [-0.3, -0.25) is 0 Å². The molecule has 1 saturated heterocycles. The summed E-state index contributed by atoms with van der Waals surface area (Å²) < 4.78 is 23.3. The first kappa shape index (κ1) is 20.8. The number of carbonyl (C=O) groups is 2. The van der Waals surface area contributed by atoms with E-state index >= 15 is 0 Å². The number of aliphatic hydroxyl groups is 1. The zero-order valence-electron chi connectivity index (χ0n) is 17.0. The molecule has 0 aromatic rings. The Morgan fingerprint density at radius 3 is 2.75 bits per heavy atom. The van der Waals surface area contributed by atoms with E-state index in [-0.39, 0.29) is 17.3 Å². The van der Waals surface area contributed by atoms with Crippen LogP contribution in [0.2, 0.25) is 0 Å². The van der Waals surface area contributed by atoms with E-state index in [1.165, 1.54) is 0 Å². The number of allylic oxidation sites excluding steroid dienone is 1. The van der Waals surface area contributed by atoms with Crippen molar-refractivity contribution in [1.82, 2.24) is 0 Å². The zero-order chi connectivity index (χ0) is 20.7. The van der Waals surface area contributed by atoms with Gasteiger partial charge in [0.2, 0.25) is 0 Å². The molecule has 0 amide bonds. The minimum absolute atomic E-state index is 0.113. The van der Waals surface area contributed by atoms with Crippen LogP contribution < -0.4 is 0 Å². The fraction of sp³-hybridized carbons (Fsp3) is 0.619. The van der Waals surface area contributed by atoms with Gasteiger partial charge in [0.05, 0.1) is 17.8 Å². The Labute approximate surface area is 165 Å². The van der Waals surface area contributed by atoms with Gasteiger partial charge in [0, 0.05) is 30.6 Å². The molecule has 0 radical (unpaired) electrons. The number of aliphatic hydroxyl groups excluding tert-OH is 1. The molecule has 3 aliphatic rings. The Hall–Kier alpha value is -1.96. The van der Waals surface area contributed by atoms with E-state index in [2.05, 4.69) is 0 Å². The molecule has 3 aliphatic heterocycles. The van der Waals surface area contributed by atoms with E-state index in [1.807, 2.05) is 13.8 Å². The first-order valence-electron chi connectivity index (χ1n) is 9.57. The lowest BCUT2D eigenvalue weighted by atomic mass is 9.85. The summed E-state index contributed by atoms with van der Waals surface area (Å²) in [6.07, 6.45) is 4.36. The lowest BCUT2D eigenvalue weighted by Gasteiger charge is -2.36. The number of carbonyl (C=O) groups excluding carboxylic acids is 2. The van der Waals surface area contributed by atoms with Gasteiger partial charge < -0.3 is 24.1 Å². The SMILES string of the molecule is C/C=C(\C)C(=O)O[C@H]1C[C@@H](C)[C@]2(OC)CC[C@](C)(/C=C3/OC(=O)C(CO)=C31)O2. The number of fused-ring (bicyclic) bond motifs is 3. The third kappa shape index (κ3) is 3.43. The maximum Gasteiger partial charge on any atom is 0.342 e. The fourth-order valence-electron chi connectivity index (χ4n) is 4.14. The molecule has 0 aromatic carbocycles. The molecule has 0 spiro atoms. The van der Waals surface area contributed by atoms with E-state index in [0.717, 1.165) is 0 Å². The van der Waals surface area contributed by atoms with Crippen molar-refractivity contribution >= 4 is 11.9 Å². The van der Waals surface area contributed by atoms with Gasteiger partial charge in [0.15, 0.2) is 5.79 Å². The summed E-state index contributed by atoms with van der Waals surface area (Å²) in [5, 5.41) is 9.78. The number of rotatable bonds is 4. The van der Waals surface area contributed by atoms with E-state index in [9.17, 15) is 14.7 Å². The Balaban J connectivity index is 2.12. The second-order valence-corrected chi connectivity index (χ2v) is 7.88. The molecule has 1 N–H and O–H groups in total. The Morgan fingerprint density at radius 1 is 1.43 bits per heavy atom. The van der Waals surface area contributed by atoms with Gasteiger partial charge in [0.1, 0.15) is 11.9 Å². The minimum atomic E-state index is -0.825. The highest BCUT2D eigenvalue weighted by atomic mass is 16.7. The first-order chi connectivity index (χ1) is 13.2. The Kier molecular flexibility index (Phi) is 5.53. The van der Waals surface area contributed by atoms with Crippen LogP contribution in [0, 0.1) is 5.92 Å². The summed E-state index contributed by atoms with van der Waals surface area (Å²) in [7, 11) is 1.61. The molecule has 0 aromatic heterocycles. The lowest BCUT2D eigenvalue weighted by molar-refractivity contribution is -0.255. The molecule has 2 bridgehead atoms. The monoisotopic (exact) mass is 392 g/mol. The molecular formula is C21H28O7. The first-order valence-corrected chi connectivity index (χ1v) is 9.57. The van der Waals surface area contributed by atoms with Crippen LogP contribution >= 0.6 is 0 Å². The molecule has 0 saturated carbocycles. The highest BCUT2D eigenvalue weighted by Gasteiger charge is 2.53. The summed E-state index contributed by atoms with van der Waals surface area (Å²) >= 11 is 0. The third-order valence-electron chi connectivity index (χ3n) is 6.00. The predicted octanol–water partition coefficient (Wildman–Crippen LogP) is 2.55. The number of methoxy groups -OCH3 is 1. The molecule has 4 atom stereocenters. The highest BCUT2D eigenvalue weighted by Crippen LogP contribution is 2.49. The van der Waals surface area contributed by atoms with Gasteiger partial charge in [-0.1, -0.05) is 13.0 Å². The van der Waals surface area contributed by atoms with Crippen molar-refractivity contribution in [3.63, 3.8) is 0 Å². The van der Waals surface area contributed by atoms with Crippen LogP contribution in [-0.4, -0.2) is 48.3 Å². The van der Waals surface area contributed by atoms with Crippen molar-refractivity contribution in [2.45, 2.75) is 64.4 Å². The maximum atomic E-state index is 12.5. The average molecular weight is 392 g/mol. The zero-order valence-corrected chi connectivity index (χ0v) is 17.0. The lowest BCUT2D eigenvalue weighted by Crippen LogP contribution is -2.42. The van der Waals surface area contributed by atoms with Crippen molar-refractivity contribution in [2.24, 2.45) is 5.92 Å². The van der Waals surface area contributed by atoms with Crippen LogP contribution in [0.4, 0.5) is 0 Å². The number of ether oxygens (including phenoxy) is 4. The van der Waals surface area contributed by atoms with E-state index < -0.39 is 36.0 Å². The van der Waals surface area contributed by atoms with Crippen LogP contribution in [0.15, 0.2) is 34.6 Å². The summed E-state index contributed by atoms with van der Waals surface area (Å²) in [6, 6.07) is 0. The van der Waals surface area contributed by atoms with Crippen molar-refractivity contribution in [3.8, 4) is 0 Å². The van der Waals surface area contributed by atoms with Crippen molar-refractivity contribution in [2.75, 3.05) is 13.7 Å². The van der Waals surface area contributed by atoms with E-state index in [0.29, 0.717) is 30.4 Å². The molecule has 28 heavy (non-hydrogen) atoms. The summed E-state index contributed by atoms with van der Waals surface area (Å²) in [5.74, 6) is -1.78. The van der Waals surface area contributed by atoms with Crippen LogP contribution in [0.1, 0.15) is 47.0 Å². The second-order valence-electron chi connectivity index (χ2n) is 7.88. The molecule has 7 nitrogen and oxygen atoms in total. The summed E-state index contributed by atoms with van der Waals surface area (Å²) in [5.41, 5.74) is 0.289. The normalized spacial score (nSPS) is 37.4. The van der Waals surface area contributed by atoms with Gasteiger partial charge in [-0.25, -0.2) is 9.59 Å². The van der Waals surface area contributed by atoms with Gasteiger partial charge in [-0.2, -0.15) is 0 Å². The number of hydrogen-bond donors (Lipinski definition) is 1. The van der Waals surface area contributed by atoms with Crippen molar-refractivity contribution < 1.29 is 33.6 Å². The molecule has 7 heteroatoms. The molecule has 3 heterocycles. The standard InChI is InChI=1S/C21H28O7/c1-6-12(2)18(23)26-15-9-13(3)21(25-5)8-7-20(4,28-21)10-16-17(15)14(11-22)19(24)27-16/h6,10,13,15,22H,7-9,11H2,1-5H3/b12-6+,16-10+/t13-,15+,20-,21+/m1/s1. The minimum Gasteiger partial charge on any atom is -0.454 e. The smallest absolute Gasteiger partial charge is 0.342 e. The van der Waals surface area contributed by atoms with Crippen LogP contribution in [-0.2, 0) is 28.5 Å². The number of esters is 2.